The Labute approximate surface area is 124 Å². The molecule has 9 heteroatoms. The number of rotatable bonds is 4. The van der Waals surface area contributed by atoms with Gasteiger partial charge in [0.15, 0.2) is 5.82 Å². The summed E-state index contributed by atoms with van der Waals surface area (Å²) in [5, 5.41) is 15.6. The fraction of sp³-hybridized carbons (Fsp3) is 0.364. The highest BCUT2D eigenvalue weighted by Crippen LogP contribution is 2.28. The minimum Gasteiger partial charge on any atom is -0.308 e. The van der Waals surface area contributed by atoms with Gasteiger partial charge in [0, 0.05) is 6.04 Å². The molecular formula is C11H12ClN7S. The van der Waals surface area contributed by atoms with Gasteiger partial charge >= 0.3 is 0 Å². The maximum atomic E-state index is 6.29. The first-order valence-electron chi connectivity index (χ1n) is 6.08. The number of fused-ring (bicyclic) bond motifs is 1. The van der Waals surface area contributed by atoms with Crippen LogP contribution in [-0.4, -0.2) is 35.0 Å². The third kappa shape index (κ3) is 2.37. The fourth-order valence-electron chi connectivity index (χ4n) is 1.80. The van der Waals surface area contributed by atoms with Crippen molar-refractivity contribution in [1.82, 2.24) is 34.3 Å². The summed E-state index contributed by atoms with van der Waals surface area (Å²) < 4.78 is 10.1. The number of hydrogen-bond acceptors (Lipinski definition) is 7. The largest absolute Gasteiger partial charge is 0.308 e. The average Bonchev–Trinajstić information content (AvgIpc) is 3.04. The Hall–Kier alpha value is -1.64. The molecule has 0 amide bonds. The van der Waals surface area contributed by atoms with Crippen molar-refractivity contribution < 1.29 is 0 Å². The van der Waals surface area contributed by atoms with E-state index >= 15 is 0 Å². The van der Waals surface area contributed by atoms with Crippen LogP contribution in [0.3, 0.4) is 0 Å². The number of tetrazole rings is 1. The van der Waals surface area contributed by atoms with Gasteiger partial charge in [-0.1, -0.05) is 25.4 Å². The Balaban J connectivity index is 2.09. The Morgan fingerprint density at radius 3 is 3.00 bits per heavy atom. The molecule has 3 rings (SSSR count). The van der Waals surface area contributed by atoms with Crippen molar-refractivity contribution in [3.8, 4) is 5.69 Å². The van der Waals surface area contributed by atoms with Crippen LogP contribution in [0.2, 0.25) is 5.02 Å². The molecule has 2 aromatic heterocycles. The van der Waals surface area contributed by atoms with E-state index < -0.39 is 0 Å². The van der Waals surface area contributed by atoms with Crippen molar-refractivity contribution in [3.63, 3.8) is 0 Å². The highest BCUT2D eigenvalue weighted by Gasteiger charge is 2.17. The zero-order valence-electron chi connectivity index (χ0n) is 10.9. The number of nitrogens with zero attached hydrogens (tertiary/aromatic N) is 6. The van der Waals surface area contributed by atoms with Crippen molar-refractivity contribution in [1.29, 1.82) is 0 Å². The van der Waals surface area contributed by atoms with Crippen LogP contribution in [-0.2, 0) is 6.54 Å². The van der Waals surface area contributed by atoms with Gasteiger partial charge in [-0.15, -0.1) is 5.10 Å². The number of halogens is 1. The van der Waals surface area contributed by atoms with E-state index in [9.17, 15) is 0 Å². The lowest BCUT2D eigenvalue weighted by Gasteiger charge is -2.09. The molecule has 0 aliphatic rings. The van der Waals surface area contributed by atoms with Gasteiger partial charge < -0.3 is 5.32 Å². The molecule has 0 bridgehead atoms. The van der Waals surface area contributed by atoms with E-state index in [0.717, 1.165) is 17.2 Å². The third-order valence-electron chi connectivity index (χ3n) is 2.77. The SMILES string of the molecule is CC(C)NCc1nnnn1-c1c(Cl)ccc2nsnc12. The molecule has 0 spiro atoms. The second-order valence-corrected chi connectivity index (χ2v) is 5.51. The monoisotopic (exact) mass is 309 g/mol. The highest BCUT2D eigenvalue weighted by atomic mass is 35.5. The van der Waals surface area contributed by atoms with Crippen LogP contribution in [0.1, 0.15) is 19.7 Å². The maximum absolute atomic E-state index is 6.29. The molecule has 3 aromatic rings. The van der Waals surface area contributed by atoms with E-state index in [1.54, 1.807) is 10.7 Å². The Morgan fingerprint density at radius 2 is 2.20 bits per heavy atom. The van der Waals surface area contributed by atoms with Gasteiger partial charge in [-0.2, -0.15) is 13.4 Å². The smallest absolute Gasteiger partial charge is 0.170 e. The summed E-state index contributed by atoms with van der Waals surface area (Å²) in [6.45, 7) is 4.67. The number of aromatic nitrogens is 6. The summed E-state index contributed by atoms with van der Waals surface area (Å²) in [6.07, 6.45) is 0. The molecule has 7 nitrogen and oxygen atoms in total. The van der Waals surface area contributed by atoms with Gasteiger partial charge in [0.1, 0.15) is 16.7 Å². The van der Waals surface area contributed by atoms with Crippen LogP contribution in [0.25, 0.3) is 16.7 Å². The summed E-state index contributed by atoms with van der Waals surface area (Å²) >= 11 is 7.43. The second-order valence-electron chi connectivity index (χ2n) is 4.57. The molecule has 0 fully saturated rings. The van der Waals surface area contributed by atoms with Gasteiger partial charge in [-0.3, -0.25) is 0 Å². The van der Waals surface area contributed by atoms with Crippen molar-refractivity contribution in [2.24, 2.45) is 0 Å². The van der Waals surface area contributed by atoms with E-state index in [2.05, 4.69) is 43.4 Å². The van der Waals surface area contributed by atoms with Crippen molar-refractivity contribution in [2.75, 3.05) is 0 Å². The van der Waals surface area contributed by atoms with E-state index in [1.807, 2.05) is 6.07 Å². The molecule has 104 valence electrons. The van der Waals surface area contributed by atoms with Crippen LogP contribution in [0.5, 0.6) is 0 Å². The minimum absolute atomic E-state index is 0.340. The standard InChI is InChI=1S/C11H12ClN7S/c1-6(2)13-5-9-14-17-18-19(9)11-7(12)3-4-8-10(11)16-20-15-8/h3-4,6,13H,5H2,1-2H3. The van der Waals surface area contributed by atoms with Gasteiger partial charge in [0.25, 0.3) is 0 Å². The number of nitrogens with one attached hydrogen (secondary N) is 1. The molecule has 1 N–H and O–H groups in total. The van der Waals surface area contributed by atoms with Crippen molar-refractivity contribution in [2.45, 2.75) is 26.4 Å². The summed E-state index contributed by atoms with van der Waals surface area (Å²) in [6, 6.07) is 3.95. The normalized spacial score (nSPS) is 11.6. The molecule has 1 aromatic carbocycles. The first kappa shape index (κ1) is 13.3. The molecule has 0 saturated carbocycles. The van der Waals surface area contributed by atoms with Crippen LogP contribution in [0.15, 0.2) is 12.1 Å². The molecule has 0 aliphatic carbocycles. The Kier molecular flexibility index (Phi) is 3.60. The quantitative estimate of drug-likeness (QED) is 0.791. The number of hydrogen-bond donors (Lipinski definition) is 1. The van der Waals surface area contributed by atoms with E-state index in [1.165, 1.54) is 0 Å². The van der Waals surface area contributed by atoms with Gasteiger partial charge in [0.2, 0.25) is 0 Å². The van der Waals surface area contributed by atoms with Crippen LogP contribution in [0, 0.1) is 0 Å². The molecule has 0 aliphatic heterocycles. The van der Waals surface area contributed by atoms with Crippen LogP contribution in [0.4, 0.5) is 0 Å². The van der Waals surface area contributed by atoms with Crippen LogP contribution >= 0.6 is 23.3 Å². The summed E-state index contributed by atoms with van der Waals surface area (Å²) in [5.74, 6) is 0.682. The first-order valence-corrected chi connectivity index (χ1v) is 7.19. The van der Waals surface area contributed by atoms with Crippen LogP contribution < -0.4 is 5.32 Å². The highest BCUT2D eigenvalue weighted by molar-refractivity contribution is 7.00. The first-order chi connectivity index (χ1) is 9.66. The topological polar surface area (TPSA) is 81.4 Å². The molecule has 2 heterocycles. The lowest BCUT2D eigenvalue weighted by Crippen LogP contribution is -2.24. The molecule has 0 unspecified atom stereocenters. The fourth-order valence-corrected chi connectivity index (χ4v) is 2.57. The Morgan fingerprint density at radius 1 is 1.35 bits per heavy atom. The van der Waals surface area contributed by atoms with E-state index in [4.69, 9.17) is 11.6 Å². The zero-order valence-corrected chi connectivity index (χ0v) is 12.5. The predicted molar refractivity (Wildman–Crippen MR) is 77.1 cm³/mol. The van der Waals surface area contributed by atoms with Crippen molar-refractivity contribution >= 4 is 34.4 Å². The Bertz CT molecular complexity index is 735. The molecule has 0 saturated heterocycles. The predicted octanol–water partition coefficient (Wildman–Crippen LogP) is 1.82. The van der Waals surface area contributed by atoms with E-state index in [0.29, 0.717) is 34.6 Å². The summed E-state index contributed by atoms with van der Waals surface area (Å²) in [5.41, 5.74) is 2.16. The molecule has 20 heavy (non-hydrogen) atoms. The number of benzene rings is 1. The summed E-state index contributed by atoms with van der Waals surface area (Å²) in [7, 11) is 0. The minimum atomic E-state index is 0.340. The van der Waals surface area contributed by atoms with Gasteiger partial charge in [0.05, 0.1) is 23.3 Å². The molecule has 0 atom stereocenters. The summed E-state index contributed by atoms with van der Waals surface area (Å²) in [4.78, 5) is 0. The van der Waals surface area contributed by atoms with Gasteiger partial charge in [-0.05, 0) is 22.6 Å². The lowest BCUT2D eigenvalue weighted by molar-refractivity contribution is 0.563. The van der Waals surface area contributed by atoms with E-state index in [-0.39, 0.29) is 0 Å². The maximum Gasteiger partial charge on any atom is 0.170 e. The molecular weight excluding hydrogens is 298 g/mol. The van der Waals surface area contributed by atoms with Gasteiger partial charge in [-0.25, -0.2) is 0 Å². The van der Waals surface area contributed by atoms with Crippen molar-refractivity contribution in [3.05, 3.63) is 23.0 Å². The second kappa shape index (κ2) is 5.39. The average molecular weight is 310 g/mol. The lowest BCUT2D eigenvalue weighted by atomic mass is 10.2. The zero-order chi connectivity index (χ0) is 14.1. The third-order valence-corrected chi connectivity index (χ3v) is 3.61. The molecule has 0 radical (unpaired) electrons.